The number of ether oxygens (including phenoxy) is 1. The van der Waals surface area contributed by atoms with Crippen LogP contribution in [-0.4, -0.2) is 14.5 Å². The standard InChI is InChI=1S/C11H16FNO3S/c1-3-4-8(2)16-11-6-5-9(7-10(11)12)17(13,14)15/h5-8H,3-4H2,1-2H3,(H2,13,14,15). The van der Waals surface area contributed by atoms with E-state index in [-0.39, 0.29) is 16.7 Å². The van der Waals surface area contributed by atoms with E-state index in [1.54, 1.807) is 0 Å². The highest BCUT2D eigenvalue weighted by molar-refractivity contribution is 7.89. The maximum Gasteiger partial charge on any atom is 0.238 e. The first-order valence-corrected chi connectivity index (χ1v) is 6.88. The molecule has 17 heavy (non-hydrogen) atoms. The van der Waals surface area contributed by atoms with Gasteiger partial charge in [0.25, 0.3) is 0 Å². The summed E-state index contributed by atoms with van der Waals surface area (Å²) in [4.78, 5) is -0.259. The Morgan fingerprint density at radius 3 is 2.59 bits per heavy atom. The molecule has 1 aromatic rings. The van der Waals surface area contributed by atoms with Gasteiger partial charge in [-0.1, -0.05) is 13.3 Å². The topological polar surface area (TPSA) is 69.4 Å². The molecule has 0 saturated carbocycles. The molecule has 1 rings (SSSR count). The number of benzene rings is 1. The molecule has 0 aliphatic heterocycles. The first-order valence-electron chi connectivity index (χ1n) is 5.33. The van der Waals surface area contributed by atoms with Gasteiger partial charge < -0.3 is 4.74 Å². The van der Waals surface area contributed by atoms with Crippen molar-refractivity contribution in [3.8, 4) is 5.75 Å². The first kappa shape index (κ1) is 13.9. The number of halogens is 1. The lowest BCUT2D eigenvalue weighted by atomic mass is 10.2. The lowest BCUT2D eigenvalue weighted by Crippen LogP contribution is -2.14. The Hall–Kier alpha value is -1.14. The highest BCUT2D eigenvalue weighted by Gasteiger charge is 2.13. The quantitative estimate of drug-likeness (QED) is 0.881. The SMILES string of the molecule is CCCC(C)Oc1ccc(S(N)(=O)=O)cc1F. The number of primary sulfonamides is 1. The highest BCUT2D eigenvalue weighted by atomic mass is 32.2. The second kappa shape index (κ2) is 5.46. The monoisotopic (exact) mass is 261 g/mol. The maximum absolute atomic E-state index is 13.5. The predicted molar refractivity (Wildman–Crippen MR) is 62.8 cm³/mol. The van der Waals surface area contributed by atoms with Crippen molar-refractivity contribution >= 4 is 10.0 Å². The van der Waals surface area contributed by atoms with Gasteiger partial charge in [-0.15, -0.1) is 0 Å². The van der Waals surface area contributed by atoms with E-state index in [1.165, 1.54) is 12.1 Å². The van der Waals surface area contributed by atoms with Gasteiger partial charge in [0.2, 0.25) is 10.0 Å². The molecule has 0 fully saturated rings. The van der Waals surface area contributed by atoms with Crippen molar-refractivity contribution in [1.29, 1.82) is 0 Å². The van der Waals surface area contributed by atoms with Crippen LogP contribution in [0.4, 0.5) is 4.39 Å². The van der Waals surface area contributed by atoms with E-state index in [1.807, 2.05) is 13.8 Å². The van der Waals surface area contributed by atoms with E-state index >= 15 is 0 Å². The van der Waals surface area contributed by atoms with E-state index in [0.717, 1.165) is 18.9 Å². The van der Waals surface area contributed by atoms with Crippen molar-refractivity contribution in [2.24, 2.45) is 5.14 Å². The predicted octanol–water partition coefficient (Wildman–Crippen LogP) is 2.04. The van der Waals surface area contributed by atoms with E-state index < -0.39 is 15.8 Å². The number of hydrogen-bond donors (Lipinski definition) is 1. The normalized spacial score (nSPS) is 13.4. The fraction of sp³-hybridized carbons (Fsp3) is 0.455. The highest BCUT2D eigenvalue weighted by Crippen LogP contribution is 2.22. The van der Waals surface area contributed by atoms with Crippen molar-refractivity contribution in [1.82, 2.24) is 0 Å². The van der Waals surface area contributed by atoms with Crippen LogP contribution in [0.2, 0.25) is 0 Å². The van der Waals surface area contributed by atoms with Crippen LogP contribution in [0.25, 0.3) is 0 Å². The van der Waals surface area contributed by atoms with Gasteiger partial charge in [-0.25, -0.2) is 17.9 Å². The van der Waals surface area contributed by atoms with Crippen LogP contribution < -0.4 is 9.88 Å². The minimum atomic E-state index is -3.88. The van der Waals surface area contributed by atoms with Gasteiger partial charge in [0.1, 0.15) is 0 Å². The summed E-state index contributed by atoms with van der Waals surface area (Å²) >= 11 is 0. The third kappa shape index (κ3) is 3.98. The van der Waals surface area contributed by atoms with Gasteiger partial charge in [-0.05, 0) is 31.5 Å². The molecule has 1 aromatic carbocycles. The molecular weight excluding hydrogens is 245 g/mol. The first-order chi connectivity index (χ1) is 7.84. The minimum Gasteiger partial charge on any atom is -0.488 e. The van der Waals surface area contributed by atoms with Crippen molar-refractivity contribution in [3.05, 3.63) is 24.0 Å². The van der Waals surface area contributed by atoms with Crippen LogP contribution in [-0.2, 0) is 10.0 Å². The molecular formula is C11H16FNO3S. The van der Waals surface area contributed by atoms with Crippen LogP contribution in [0.3, 0.4) is 0 Å². The van der Waals surface area contributed by atoms with Crippen molar-refractivity contribution in [3.63, 3.8) is 0 Å². The smallest absolute Gasteiger partial charge is 0.238 e. The maximum atomic E-state index is 13.5. The summed E-state index contributed by atoms with van der Waals surface area (Å²) in [5.74, 6) is -0.683. The summed E-state index contributed by atoms with van der Waals surface area (Å²) in [5.41, 5.74) is 0. The molecule has 6 heteroatoms. The van der Waals surface area contributed by atoms with Crippen LogP contribution in [0.5, 0.6) is 5.75 Å². The van der Waals surface area contributed by atoms with Gasteiger partial charge >= 0.3 is 0 Å². The number of hydrogen-bond acceptors (Lipinski definition) is 3. The van der Waals surface area contributed by atoms with E-state index in [4.69, 9.17) is 9.88 Å². The average molecular weight is 261 g/mol. The molecule has 96 valence electrons. The van der Waals surface area contributed by atoms with Gasteiger partial charge in [-0.2, -0.15) is 0 Å². The van der Waals surface area contributed by atoms with Crippen molar-refractivity contribution < 1.29 is 17.5 Å². The van der Waals surface area contributed by atoms with Crippen LogP contribution >= 0.6 is 0 Å². The Morgan fingerprint density at radius 2 is 2.12 bits per heavy atom. The Labute approximate surface area is 101 Å². The molecule has 0 radical (unpaired) electrons. The van der Waals surface area contributed by atoms with Gasteiger partial charge in [-0.3, -0.25) is 0 Å². The lowest BCUT2D eigenvalue weighted by molar-refractivity contribution is 0.200. The molecule has 0 saturated heterocycles. The molecule has 1 atom stereocenters. The minimum absolute atomic E-state index is 0.0401. The van der Waals surface area contributed by atoms with E-state index in [0.29, 0.717) is 0 Å². The largest absolute Gasteiger partial charge is 0.488 e. The van der Waals surface area contributed by atoms with Gasteiger partial charge in [0, 0.05) is 0 Å². The number of nitrogens with two attached hydrogens (primary N) is 1. The zero-order valence-corrected chi connectivity index (χ0v) is 10.6. The molecule has 0 bridgehead atoms. The van der Waals surface area contributed by atoms with E-state index in [9.17, 15) is 12.8 Å². The molecule has 0 aliphatic rings. The van der Waals surface area contributed by atoms with Crippen LogP contribution in [0.1, 0.15) is 26.7 Å². The summed E-state index contributed by atoms with van der Waals surface area (Å²) in [6, 6.07) is 3.37. The van der Waals surface area contributed by atoms with Crippen molar-refractivity contribution in [2.75, 3.05) is 0 Å². The molecule has 0 spiro atoms. The number of sulfonamides is 1. The molecule has 0 aromatic heterocycles. The zero-order valence-electron chi connectivity index (χ0n) is 9.81. The Balaban J connectivity index is 2.91. The zero-order chi connectivity index (χ0) is 13.1. The molecule has 2 N–H and O–H groups in total. The third-order valence-electron chi connectivity index (χ3n) is 2.26. The van der Waals surface area contributed by atoms with Crippen molar-refractivity contribution in [2.45, 2.75) is 37.7 Å². The molecule has 4 nitrogen and oxygen atoms in total. The Bertz CT molecular complexity index is 487. The Morgan fingerprint density at radius 1 is 1.47 bits per heavy atom. The summed E-state index contributed by atoms with van der Waals surface area (Å²) < 4.78 is 40.9. The summed E-state index contributed by atoms with van der Waals surface area (Å²) in [6.07, 6.45) is 1.61. The van der Waals surface area contributed by atoms with Crippen LogP contribution in [0, 0.1) is 5.82 Å². The third-order valence-corrected chi connectivity index (χ3v) is 3.17. The fourth-order valence-corrected chi connectivity index (χ4v) is 1.96. The number of rotatable bonds is 5. The average Bonchev–Trinajstić information content (AvgIpc) is 2.20. The van der Waals surface area contributed by atoms with Gasteiger partial charge in [0.15, 0.2) is 11.6 Å². The summed E-state index contributed by atoms with van der Waals surface area (Å²) in [6.45, 7) is 3.83. The van der Waals surface area contributed by atoms with E-state index in [2.05, 4.69) is 0 Å². The second-order valence-electron chi connectivity index (χ2n) is 3.85. The summed E-state index contributed by atoms with van der Waals surface area (Å²) in [5, 5.41) is 4.89. The van der Waals surface area contributed by atoms with Gasteiger partial charge in [0.05, 0.1) is 11.0 Å². The molecule has 0 aliphatic carbocycles. The van der Waals surface area contributed by atoms with Crippen LogP contribution in [0.15, 0.2) is 23.1 Å². The Kier molecular flexibility index (Phi) is 4.47. The summed E-state index contributed by atoms with van der Waals surface area (Å²) in [7, 11) is -3.88. The second-order valence-corrected chi connectivity index (χ2v) is 5.42. The fourth-order valence-electron chi connectivity index (χ4n) is 1.44. The molecule has 0 amide bonds. The molecule has 0 heterocycles. The molecule has 1 unspecified atom stereocenters. The lowest BCUT2D eigenvalue weighted by Gasteiger charge is -2.14.